The first kappa shape index (κ1) is 12.5. The van der Waals surface area contributed by atoms with E-state index in [4.69, 9.17) is 11.6 Å². The normalized spacial score (nSPS) is 13.1. The molecular formula is C9H6BrClF3N. The molecule has 0 aliphatic carbocycles. The molecule has 0 aliphatic heterocycles. The average molecular weight is 301 g/mol. The molecule has 1 nitrogen and oxygen atoms in total. The maximum atomic E-state index is 12.2. The van der Waals surface area contributed by atoms with Crippen molar-refractivity contribution >= 4 is 38.9 Å². The van der Waals surface area contributed by atoms with Gasteiger partial charge in [0.25, 0.3) is 0 Å². The Morgan fingerprint density at radius 1 is 1.40 bits per heavy atom. The molecule has 15 heavy (non-hydrogen) atoms. The first-order chi connectivity index (χ1) is 6.80. The number of nitrogens with zero attached hydrogens (tertiary/aromatic N) is 1. The van der Waals surface area contributed by atoms with E-state index in [0.29, 0.717) is 9.50 Å². The SMILES string of the molecule is CC(=Nc1cc(Cl)ccc1Br)C(F)(F)F. The lowest BCUT2D eigenvalue weighted by molar-refractivity contribution is -0.0591. The maximum absolute atomic E-state index is 12.2. The van der Waals surface area contributed by atoms with Crippen LogP contribution in [0.4, 0.5) is 18.9 Å². The van der Waals surface area contributed by atoms with Crippen molar-refractivity contribution in [3.8, 4) is 0 Å². The van der Waals surface area contributed by atoms with Crippen molar-refractivity contribution in [1.29, 1.82) is 0 Å². The van der Waals surface area contributed by atoms with Gasteiger partial charge in [-0.2, -0.15) is 13.2 Å². The van der Waals surface area contributed by atoms with E-state index in [2.05, 4.69) is 20.9 Å². The molecule has 0 aromatic heterocycles. The van der Waals surface area contributed by atoms with Crippen molar-refractivity contribution in [2.24, 2.45) is 4.99 Å². The molecule has 0 N–H and O–H groups in total. The quantitative estimate of drug-likeness (QED) is 0.663. The summed E-state index contributed by atoms with van der Waals surface area (Å²) in [6, 6.07) is 4.47. The highest BCUT2D eigenvalue weighted by Gasteiger charge is 2.32. The van der Waals surface area contributed by atoms with Gasteiger partial charge in [-0.05, 0) is 41.1 Å². The second-order valence-electron chi connectivity index (χ2n) is 2.79. The zero-order valence-corrected chi connectivity index (χ0v) is 9.91. The molecule has 82 valence electrons. The summed E-state index contributed by atoms with van der Waals surface area (Å²) in [6.45, 7) is 0.910. The summed E-state index contributed by atoms with van der Waals surface area (Å²) in [5.41, 5.74) is -0.747. The second kappa shape index (κ2) is 4.53. The highest BCUT2D eigenvalue weighted by atomic mass is 79.9. The van der Waals surface area contributed by atoms with Crippen LogP contribution in [0.15, 0.2) is 27.7 Å². The fraction of sp³-hybridized carbons (Fsp3) is 0.222. The number of alkyl halides is 3. The van der Waals surface area contributed by atoms with E-state index in [1.807, 2.05) is 0 Å². The van der Waals surface area contributed by atoms with Crippen LogP contribution in [0.1, 0.15) is 6.92 Å². The Balaban J connectivity index is 3.13. The third-order valence-electron chi connectivity index (χ3n) is 1.61. The largest absolute Gasteiger partial charge is 0.429 e. The topological polar surface area (TPSA) is 12.4 Å². The van der Waals surface area contributed by atoms with Gasteiger partial charge in [-0.15, -0.1) is 0 Å². The van der Waals surface area contributed by atoms with Crippen LogP contribution < -0.4 is 0 Å². The molecule has 0 fully saturated rings. The average Bonchev–Trinajstić information content (AvgIpc) is 2.09. The van der Waals surface area contributed by atoms with Gasteiger partial charge in [-0.25, -0.2) is 4.99 Å². The molecule has 0 saturated heterocycles. The van der Waals surface area contributed by atoms with Crippen molar-refractivity contribution < 1.29 is 13.2 Å². The molecule has 0 saturated carbocycles. The van der Waals surface area contributed by atoms with Crippen LogP contribution in [0.3, 0.4) is 0 Å². The predicted molar refractivity (Wildman–Crippen MR) is 58.0 cm³/mol. The molecule has 0 bridgehead atoms. The number of hydrogen-bond acceptors (Lipinski definition) is 1. The molecule has 1 rings (SSSR count). The number of benzene rings is 1. The predicted octanol–water partition coefficient (Wildman–Crippen LogP) is 4.76. The fourth-order valence-electron chi connectivity index (χ4n) is 0.816. The smallest absolute Gasteiger partial charge is 0.247 e. The number of rotatable bonds is 1. The van der Waals surface area contributed by atoms with E-state index in [-0.39, 0.29) is 5.69 Å². The molecule has 0 spiro atoms. The van der Waals surface area contributed by atoms with Crippen molar-refractivity contribution in [2.45, 2.75) is 13.1 Å². The first-order valence-electron chi connectivity index (χ1n) is 3.88. The van der Waals surface area contributed by atoms with Crippen LogP contribution in [-0.4, -0.2) is 11.9 Å². The molecule has 0 unspecified atom stereocenters. The molecule has 0 radical (unpaired) electrons. The van der Waals surface area contributed by atoms with Gasteiger partial charge in [-0.1, -0.05) is 11.6 Å². The first-order valence-corrected chi connectivity index (χ1v) is 5.05. The fourth-order valence-corrected chi connectivity index (χ4v) is 1.32. The van der Waals surface area contributed by atoms with Gasteiger partial charge in [0, 0.05) is 9.50 Å². The third-order valence-corrected chi connectivity index (χ3v) is 2.51. The van der Waals surface area contributed by atoms with Crippen LogP contribution >= 0.6 is 27.5 Å². The zero-order valence-electron chi connectivity index (χ0n) is 7.57. The number of halogens is 5. The minimum absolute atomic E-state index is 0.164. The van der Waals surface area contributed by atoms with Crippen LogP contribution in [0.2, 0.25) is 5.02 Å². The van der Waals surface area contributed by atoms with Crippen molar-refractivity contribution in [3.63, 3.8) is 0 Å². The summed E-state index contributed by atoms with van der Waals surface area (Å²) in [5.74, 6) is 0. The van der Waals surface area contributed by atoms with Gasteiger partial charge >= 0.3 is 6.18 Å². The highest BCUT2D eigenvalue weighted by Crippen LogP contribution is 2.30. The van der Waals surface area contributed by atoms with Gasteiger partial charge in [0.1, 0.15) is 5.71 Å². The standard InChI is InChI=1S/C9H6BrClF3N/c1-5(9(12,13)14)15-8-4-6(11)2-3-7(8)10/h2-4H,1H3. The summed E-state index contributed by atoms with van der Waals surface area (Å²) in [5, 5.41) is 0.340. The lowest BCUT2D eigenvalue weighted by Crippen LogP contribution is -2.18. The Morgan fingerprint density at radius 3 is 2.53 bits per heavy atom. The summed E-state index contributed by atoms with van der Waals surface area (Å²) in [6.07, 6.45) is -4.41. The molecule has 1 aromatic carbocycles. The summed E-state index contributed by atoms with van der Waals surface area (Å²) in [7, 11) is 0. The van der Waals surface area contributed by atoms with Crippen LogP contribution in [0, 0.1) is 0 Å². The Morgan fingerprint density at radius 2 is 2.00 bits per heavy atom. The van der Waals surface area contributed by atoms with Gasteiger partial charge in [0.2, 0.25) is 0 Å². The summed E-state index contributed by atoms with van der Waals surface area (Å²) in [4.78, 5) is 3.45. The lowest BCUT2D eigenvalue weighted by Gasteiger charge is -2.06. The molecular weight excluding hydrogens is 294 g/mol. The molecule has 6 heteroatoms. The van der Waals surface area contributed by atoms with Gasteiger partial charge in [0.15, 0.2) is 0 Å². The van der Waals surface area contributed by atoms with E-state index >= 15 is 0 Å². The van der Waals surface area contributed by atoms with Crippen molar-refractivity contribution in [2.75, 3.05) is 0 Å². The Labute approximate surface area is 98.1 Å². The van der Waals surface area contributed by atoms with Crippen molar-refractivity contribution in [1.82, 2.24) is 0 Å². The van der Waals surface area contributed by atoms with Crippen LogP contribution in [0.5, 0.6) is 0 Å². The summed E-state index contributed by atoms with van der Waals surface area (Å²) < 4.78 is 37.0. The Kier molecular flexibility index (Phi) is 3.78. The molecule has 0 heterocycles. The maximum Gasteiger partial charge on any atom is 0.429 e. The van der Waals surface area contributed by atoms with E-state index in [1.165, 1.54) is 6.07 Å². The Bertz CT molecular complexity index is 401. The third kappa shape index (κ3) is 3.50. The molecule has 0 amide bonds. The van der Waals surface area contributed by atoms with Gasteiger partial charge in [-0.3, -0.25) is 0 Å². The highest BCUT2D eigenvalue weighted by molar-refractivity contribution is 9.10. The van der Waals surface area contributed by atoms with E-state index in [0.717, 1.165) is 6.92 Å². The van der Waals surface area contributed by atoms with E-state index in [1.54, 1.807) is 12.1 Å². The minimum atomic E-state index is -4.41. The van der Waals surface area contributed by atoms with E-state index < -0.39 is 11.9 Å². The Hall–Kier alpha value is -0.550. The zero-order chi connectivity index (χ0) is 11.6. The lowest BCUT2D eigenvalue weighted by atomic mass is 10.3. The molecule has 0 atom stereocenters. The van der Waals surface area contributed by atoms with Crippen molar-refractivity contribution in [3.05, 3.63) is 27.7 Å². The molecule has 0 aliphatic rings. The minimum Gasteiger partial charge on any atom is -0.247 e. The number of aliphatic imine (C=N–C) groups is 1. The molecule has 1 aromatic rings. The van der Waals surface area contributed by atoms with Gasteiger partial charge in [0.05, 0.1) is 5.69 Å². The number of hydrogen-bond donors (Lipinski definition) is 0. The van der Waals surface area contributed by atoms with Gasteiger partial charge < -0.3 is 0 Å². The second-order valence-corrected chi connectivity index (χ2v) is 4.08. The van der Waals surface area contributed by atoms with Crippen LogP contribution in [-0.2, 0) is 0 Å². The monoisotopic (exact) mass is 299 g/mol. The van der Waals surface area contributed by atoms with Crippen LogP contribution in [0.25, 0.3) is 0 Å². The summed E-state index contributed by atoms with van der Waals surface area (Å²) >= 11 is 8.74. The van der Waals surface area contributed by atoms with E-state index in [9.17, 15) is 13.2 Å².